The topological polar surface area (TPSA) is 68.9 Å². The molecule has 2 aromatic carbocycles. The Morgan fingerprint density at radius 1 is 1.24 bits per heavy atom. The Hall–Kier alpha value is -3.76. The molecule has 7 heteroatoms. The number of terminal acetylenes is 1. The van der Waals surface area contributed by atoms with E-state index in [2.05, 4.69) is 10.9 Å². The lowest BCUT2D eigenvalue weighted by Gasteiger charge is -2.42. The van der Waals surface area contributed by atoms with Gasteiger partial charge in [0.1, 0.15) is 17.3 Å². The van der Waals surface area contributed by atoms with Crippen LogP contribution in [0.2, 0.25) is 0 Å². The number of nitrogens with one attached hydrogen (secondary N) is 1. The van der Waals surface area contributed by atoms with Crippen molar-refractivity contribution in [1.82, 2.24) is 19.7 Å². The fraction of sp³-hybridized carbons (Fsp3) is 0.333. The molecule has 7 nitrogen and oxygen atoms in total. The van der Waals surface area contributed by atoms with Crippen LogP contribution >= 0.6 is 0 Å². The van der Waals surface area contributed by atoms with Crippen molar-refractivity contribution < 1.29 is 14.3 Å². The lowest BCUT2D eigenvalue weighted by molar-refractivity contribution is -0.133. The summed E-state index contributed by atoms with van der Waals surface area (Å²) in [5.74, 6) is 3.18. The molecule has 3 heterocycles. The van der Waals surface area contributed by atoms with Crippen molar-refractivity contribution in [2.75, 3.05) is 33.8 Å². The van der Waals surface area contributed by atoms with Gasteiger partial charge in [0, 0.05) is 36.1 Å². The highest BCUT2D eigenvalue weighted by Gasteiger charge is 2.60. The van der Waals surface area contributed by atoms with E-state index in [4.69, 9.17) is 11.2 Å². The highest BCUT2D eigenvalue weighted by atomic mass is 16.5. The van der Waals surface area contributed by atoms with Crippen LogP contribution in [0.25, 0.3) is 10.9 Å². The number of aromatic amines is 1. The zero-order chi connectivity index (χ0) is 24.0. The molecular weight excluding hydrogens is 428 g/mol. The molecule has 0 spiro atoms. The van der Waals surface area contributed by atoms with E-state index in [1.165, 1.54) is 4.90 Å². The third-order valence-electron chi connectivity index (χ3n) is 7.06. The van der Waals surface area contributed by atoms with Crippen LogP contribution in [0.15, 0.2) is 48.5 Å². The number of benzene rings is 2. The lowest BCUT2D eigenvalue weighted by atomic mass is 9.81. The van der Waals surface area contributed by atoms with Gasteiger partial charge in [-0.3, -0.25) is 19.5 Å². The summed E-state index contributed by atoms with van der Waals surface area (Å²) in [6.45, 7) is 3.16. The van der Waals surface area contributed by atoms with Crippen LogP contribution in [0.1, 0.15) is 29.8 Å². The van der Waals surface area contributed by atoms with Crippen molar-refractivity contribution in [1.29, 1.82) is 0 Å². The maximum atomic E-state index is 13.8. The van der Waals surface area contributed by atoms with Gasteiger partial charge >= 0.3 is 6.03 Å². The highest BCUT2D eigenvalue weighted by Crippen LogP contribution is 2.48. The Morgan fingerprint density at radius 3 is 2.71 bits per heavy atom. The Balaban J connectivity index is 1.63. The smallest absolute Gasteiger partial charge is 0.328 e. The number of hydrogen-bond donors (Lipinski definition) is 1. The lowest BCUT2D eigenvalue weighted by Crippen LogP contribution is -2.53. The van der Waals surface area contributed by atoms with Gasteiger partial charge in [-0.15, -0.1) is 6.42 Å². The normalized spacial score (nSPS) is 21.7. The maximum Gasteiger partial charge on any atom is 0.328 e. The Labute approximate surface area is 199 Å². The summed E-state index contributed by atoms with van der Waals surface area (Å²) < 4.78 is 5.46. The molecule has 2 aliphatic heterocycles. The molecule has 1 aromatic heterocycles. The van der Waals surface area contributed by atoms with Gasteiger partial charge in [-0.2, -0.15) is 0 Å². The Morgan fingerprint density at radius 2 is 2.00 bits per heavy atom. The van der Waals surface area contributed by atoms with Gasteiger partial charge in [-0.1, -0.05) is 36.3 Å². The van der Waals surface area contributed by atoms with Crippen LogP contribution in [-0.2, 0) is 11.2 Å². The molecule has 1 saturated heterocycles. The van der Waals surface area contributed by atoms with Gasteiger partial charge in [0.15, 0.2) is 0 Å². The van der Waals surface area contributed by atoms with E-state index >= 15 is 0 Å². The van der Waals surface area contributed by atoms with Crippen molar-refractivity contribution in [3.8, 4) is 18.1 Å². The number of rotatable bonds is 6. The summed E-state index contributed by atoms with van der Waals surface area (Å²) in [5.41, 5.74) is 2.92. The van der Waals surface area contributed by atoms with E-state index in [-0.39, 0.29) is 11.9 Å². The Kier molecular flexibility index (Phi) is 5.34. The Bertz CT molecular complexity index is 1310. The predicted molar refractivity (Wildman–Crippen MR) is 131 cm³/mol. The fourth-order valence-electron chi connectivity index (χ4n) is 5.30. The minimum Gasteiger partial charge on any atom is -0.497 e. The van der Waals surface area contributed by atoms with Crippen LogP contribution in [-0.4, -0.2) is 71.0 Å². The molecule has 2 aliphatic rings. The van der Waals surface area contributed by atoms with E-state index in [1.807, 2.05) is 67.4 Å². The van der Waals surface area contributed by atoms with E-state index in [9.17, 15) is 9.59 Å². The SMILES string of the molecule is C#CCN(C)CCN1C(=O)N2C(c3ccccc3)c3[nH]c4ccc(OC)cc4c3CC2(C)C1=O. The third-order valence-corrected chi connectivity index (χ3v) is 7.06. The monoisotopic (exact) mass is 456 g/mol. The zero-order valence-corrected chi connectivity index (χ0v) is 19.7. The minimum absolute atomic E-state index is 0.171. The number of methoxy groups -OCH3 is 1. The molecular formula is C27H28N4O3. The number of nitrogens with zero attached hydrogens (tertiary/aromatic N) is 3. The second kappa shape index (κ2) is 8.23. The summed E-state index contributed by atoms with van der Waals surface area (Å²) in [7, 11) is 3.53. The molecule has 0 bridgehead atoms. The molecule has 2 unspecified atom stereocenters. The van der Waals surface area contributed by atoms with E-state index in [1.54, 1.807) is 12.0 Å². The second-order valence-electron chi connectivity index (χ2n) is 9.24. The van der Waals surface area contributed by atoms with Crippen LogP contribution in [0.4, 0.5) is 4.79 Å². The number of carbonyl (C=O) groups is 2. The first-order valence-electron chi connectivity index (χ1n) is 11.4. The van der Waals surface area contributed by atoms with Crippen molar-refractivity contribution in [2.45, 2.75) is 24.9 Å². The first-order chi connectivity index (χ1) is 16.4. The molecule has 1 N–H and O–H groups in total. The van der Waals surface area contributed by atoms with Crippen LogP contribution in [0.5, 0.6) is 5.75 Å². The summed E-state index contributed by atoms with van der Waals surface area (Å²) >= 11 is 0. The van der Waals surface area contributed by atoms with Gasteiger partial charge in [0.2, 0.25) is 0 Å². The number of ether oxygens (including phenoxy) is 1. The minimum atomic E-state index is -0.993. The number of carbonyl (C=O) groups excluding carboxylic acids is 2. The van der Waals surface area contributed by atoms with Gasteiger partial charge in [-0.25, -0.2) is 4.79 Å². The quantitative estimate of drug-likeness (QED) is 0.456. The molecule has 1 fully saturated rings. The van der Waals surface area contributed by atoms with Crippen molar-refractivity contribution in [3.05, 3.63) is 65.4 Å². The number of urea groups is 1. The highest BCUT2D eigenvalue weighted by molar-refractivity contribution is 6.08. The molecule has 0 aliphatic carbocycles. The number of fused-ring (bicyclic) bond motifs is 4. The largest absolute Gasteiger partial charge is 0.497 e. The van der Waals surface area contributed by atoms with Crippen molar-refractivity contribution >= 4 is 22.8 Å². The number of amides is 3. The molecule has 174 valence electrons. The molecule has 0 radical (unpaired) electrons. The molecule has 3 amide bonds. The first-order valence-corrected chi connectivity index (χ1v) is 11.4. The maximum absolute atomic E-state index is 13.8. The fourth-order valence-corrected chi connectivity index (χ4v) is 5.30. The number of H-pyrrole nitrogens is 1. The summed E-state index contributed by atoms with van der Waals surface area (Å²) in [5, 5.41) is 1.02. The van der Waals surface area contributed by atoms with Crippen molar-refractivity contribution in [3.63, 3.8) is 0 Å². The van der Waals surface area contributed by atoms with E-state index in [0.717, 1.165) is 33.5 Å². The molecule has 2 atom stereocenters. The average molecular weight is 457 g/mol. The zero-order valence-electron chi connectivity index (χ0n) is 19.7. The van der Waals surface area contributed by atoms with Gasteiger partial charge in [-0.05, 0) is 43.3 Å². The molecule has 5 rings (SSSR count). The summed E-state index contributed by atoms with van der Waals surface area (Å²) in [4.78, 5) is 36.2. The standard InChI is InChI=1S/C27H28N4O3/c1-5-13-29(3)14-15-30-25(32)27(2)17-21-20-16-19(34-4)11-12-22(20)28-23(21)24(31(27)26(30)33)18-9-7-6-8-10-18/h1,6-12,16,24,28H,13-15,17H2,2-4H3. The second-order valence-corrected chi connectivity index (χ2v) is 9.24. The molecule has 3 aromatic rings. The van der Waals surface area contributed by atoms with Crippen LogP contribution < -0.4 is 4.74 Å². The van der Waals surface area contributed by atoms with Gasteiger partial charge in [0.05, 0.1) is 13.7 Å². The van der Waals surface area contributed by atoms with Gasteiger partial charge < -0.3 is 9.72 Å². The number of imide groups is 1. The first kappa shape index (κ1) is 22.1. The predicted octanol–water partition coefficient (Wildman–Crippen LogP) is 3.41. The van der Waals surface area contributed by atoms with E-state index in [0.29, 0.717) is 26.1 Å². The molecule has 34 heavy (non-hydrogen) atoms. The average Bonchev–Trinajstić information content (AvgIpc) is 3.28. The van der Waals surface area contributed by atoms with Gasteiger partial charge in [0.25, 0.3) is 5.91 Å². The summed E-state index contributed by atoms with van der Waals surface area (Å²) in [6.07, 6.45) is 5.84. The third kappa shape index (κ3) is 3.25. The number of aromatic nitrogens is 1. The summed E-state index contributed by atoms with van der Waals surface area (Å²) in [6, 6.07) is 15.1. The van der Waals surface area contributed by atoms with Crippen LogP contribution in [0.3, 0.4) is 0 Å². The van der Waals surface area contributed by atoms with E-state index < -0.39 is 11.6 Å². The number of hydrogen-bond acceptors (Lipinski definition) is 4. The van der Waals surface area contributed by atoms with Crippen molar-refractivity contribution in [2.24, 2.45) is 0 Å². The van der Waals surface area contributed by atoms with Crippen LogP contribution in [0, 0.1) is 12.3 Å². The molecule has 0 saturated carbocycles. The number of likely N-dealkylation sites (N-methyl/N-ethyl adjacent to an activating group) is 1.